The van der Waals surface area contributed by atoms with Gasteiger partial charge in [-0.25, -0.2) is 9.97 Å². The minimum absolute atomic E-state index is 0.0190. The van der Waals surface area contributed by atoms with Crippen LogP contribution in [-0.4, -0.2) is 40.7 Å². The highest BCUT2D eigenvalue weighted by molar-refractivity contribution is 6.00. The van der Waals surface area contributed by atoms with Gasteiger partial charge in [-0.2, -0.15) is 0 Å². The van der Waals surface area contributed by atoms with Gasteiger partial charge in [0.25, 0.3) is 5.91 Å². The molecule has 2 aromatic heterocycles. The molecule has 1 fully saturated rings. The number of hydrogen-bond acceptors (Lipinski definition) is 7. The normalized spacial score (nSPS) is 15.8. The number of aliphatic hydroxyl groups excluding tert-OH is 1. The molecule has 1 aliphatic carbocycles. The van der Waals surface area contributed by atoms with E-state index in [1.54, 1.807) is 6.20 Å². The quantitative estimate of drug-likeness (QED) is 0.326. The Balaban J connectivity index is 1.44. The third kappa shape index (κ3) is 4.79. The lowest BCUT2D eigenvalue weighted by atomic mass is 9.90. The van der Waals surface area contributed by atoms with Crippen LogP contribution in [0.5, 0.6) is 0 Å². The van der Waals surface area contributed by atoms with Crippen molar-refractivity contribution in [3.63, 3.8) is 0 Å². The number of nitrogens with zero attached hydrogens (tertiary/aromatic N) is 2. The first-order valence-corrected chi connectivity index (χ1v) is 12.6. The summed E-state index contributed by atoms with van der Waals surface area (Å²) in [6.45, 7) is 7.26. The lowest BCUT2D eigenvalue weighted by Crippen LogP contribution is -2.36. The van der Waals surface area contributed by atoms with E-state index >= 15 is 0 Å². The van der Waals surface area contributed by atoms with E-state index in [4.69, 9.17) is 0 Å². The van der Waals surface area contributed by atoms with Gasteiger partial charge in [-0.05, 0) is 61.6 Å². The number of amides is 1. The largest absolute Gasteiger partial charge is 0.395 e. The highest BCUT2D eigenvalue weighted by atomic mass is 16.3. The van der Waals surface area contributed by atoms with Gasteiger partial charge in [0, 0.05) is 42.0 Å². The first-order valence-electron chi connectivity index (χ1n) is 12.6. The molecule has 2 aliphatic rings. The molecule has 0 radical (unpaired) electrons. The highest BCUT2D eigenvalue weighted by Crippen LogP contribution is 2.49. The van der Waals surface area contributed by atoms with Gasteiger partial charge in [-0.1, -0.05) is 26.0 Å². The molecule has 5 rings (SSSR count). The van der Waals surface area contributed by atoms with Gasteiger partial charge in [0.05, 0.1) is 23.6 Å². The Morgan fingerprint density at radius 1 is 1.14 bits per heavy atom. The number of carbonyl (C=O) groups excluding carboxylic acids is 1. The van der Waals surface area contributed by atoms with Gasteiger partial charge in [-0.15, -0.1) is 0 Å². The fourth-order valence-corrected chi connectivity index (χ4v) is 4.76. The summed E-state index contributed by atoms with van der Waals surface area (Å²) in [5.74, 6) is 1.02. The maximum atomic E-state index is 12.8. The molecule has 0 atom stereocenters. The van der Waals surface area contributed by atoms with Crippen molar-refractivity contribution in [2.45, 2.75) is 51.0 Å². The van der Waals surface area contributed by atoms with Crippen LogP contribution in [0.2, 0.25) is 0 Å². The molecule has 5 N–H and O–H groups in total. The van der Waals surface area contributed by atoms with Crippen LogP contribution in [-0.2, 0) is 17.4 Å². The fourth-order valence-electron chi connectivity index (χ4n) is 4.76. The average Bonchev–Trinajstić information content (AvgIpc) is 3.64. The van der Waals surface area contributed by atoms with E-state index in [0.717, 1.165) is 24.3 Å². The Morgan fingerprint density at radius 2 is 1.97 bits per heavy atom. The second kappa shape index (κ2) is 9.52. The third-order valence-electron chi connectivity index (χ3n) is 7.09. The second-order valence-corrected chi connectivity index (χ2v) is 10.3. The van der Waals surface area contributed by atoms with E-state index in [9.17, 15) is 9.90 Å². The third-order valence-corrected chi connectivity index (χ3v) is 7.09. The number of benzene rings is 1. The minimum Gasteiger partial charge on any atom is -0.395 e. The smallest absolute Gasteiger partial charge is 0.254 e. The summed E-state index contributed by atoms with van der Waals surface area (Å²) < 4.78 is 0. The van der Waals surface area contributed by atoms with E-state index in [-0.39, 0.29) is 18.1 Å². The Morgan fingerprint density at radius 3 is 2.72 bits per heavy atom. The Bertz CT molecular complexity index is 1280. The van der Waals surface area contributed by atoms with Gasteiger partial charge in [0.1, 0.15) is 11.6 Å². The first kappa shape index (κ1) is 24.2. The maximum Gasteiger partial charge on any atom is 0.254 e. The summed E-state index contributed by atoms with van der Waals surface area (Å²) >= 11 is 0. The molecule has 0 saturated heterocycles. The summed E-state index contributed by atoms with van der Waals surface area (Å²) in [5, 5.41) is 23.0. The zero-order valence-corrected chi connectivity index (χ0v) is 21.1. The van der Waals surface area contributed by atoms with Crippen molar-refractivity contribution >= 4 is 28.9 Å². The molecular weight excluding hydrogens is 452 g/mol. The standard InChI is InChI=1S/C28H34N6O2/c1-4-29-26(36)20-16-30-25(15-22(20)33-24-7-5-6-23(34-24)27(2,3)17-35)32-19-8-9-21-18(14-19)10-13-31-28(21)11-12-28/h5-9,14-16,31,35H,4,10-13,17H2,1-3H3,(H,29,36)(H2,30,32,33,34). The summed E-state index contributed by atoms with van der Waals surface area (Å²) in [6.07, 6.45) is 5.00. The molecule has 8 heteroatoms. The number of hydrogen-bond donors (Lipinski definition) is 5. The van der Waals surface area contributed by atoms with Crippen molar-refractivity contribution in [1.29, 1.82) is 0 Å². The summed E-state index contributed by atoms with van der Waals surface area (Å²) in [7, 11) is 0. The number of anilines is 4. The van der Waals surface area contributed by atoms with Crippen LogP contribution < -0.4 is 21.3 Å². The van der Waals surface area contributed by atoms with E-state index in [0.29, 0.717) is 29.4 Å². The molecule has 0 bridgehead atoms. The zero-order chi connectivity index (χ0) is 25.3. The van der Waals surface area contributed by atoms with Crippen LogP contribution >= 0.6 is 0 Å². The Kier molecular flexibility index (Phi) is 6.40. The van der Waals surface area contributed by atoms with Gasteiger partial charge < -0.3 is 26.4 Å². The van der Waals surface area contributed by atoms with Crippen LogP contribution in [0.1, 0.15) is 60.8 Å². The lowest BCUT2D eigenvalue weighted by Gasteiger charge is -2.27. The number of fused-ring (bicyclic) bond motifs is 2. The molecule has 36 heavy (non-hydrogen) atoms. The molecule has 1 amide bonds. The summed E-state index contributed by atoms with van der Waals surface area (Å²) in [6, 6.07) is 14.0. The van der Waals surface area contributed by atoms with Crippen molar-refractivity contribution in [3.8, 4) is 0 Å². The van der Waals surface area contributed by atoms with E-state index in [1.165, 1.54) is 24.0 Å². The van der Waals surface area contributed by atoms with E-state index in [1.807, 2.05) is 45.0 Å². The lowest BCUT2D eigenvalue weighted by molar-refractivity contribution is 0.0956. The molecule has 3 heterocycles. The van der Waals surface area contributed by atoms with Gasteiger partial charge >= 0.3 is 0 Å². The maximum absolute atomic E-state index is 12.8. The Labute approximate surface area is 212 Å². The number of nitrogens with one attached hydrogen (secondary N) is 4. The van der Waals surface area contributed by atoms with Crippen molar-refractivity contribution in [2.24, 2.45) is 0 Å². The number of aliphatic hydroxyl groups is 1. The van der Waals surface area contributed by atoms with Crippen molar-refractivity contribution in [3.05, 3.63) is 71.0 Å². The molecule has 1 saturated carbocycles. The van der Waals surface area contributed by atoms with Gasteiger partial charge in [0.15, 0.2) is 0 Å². The zero-order valence-electron chi connectivity index (χ0n) is 21.1. The summed E-state index contributed by atoms with van der Waals surface area (Å²) in [5.41, 5.74) is 5.28. The molecule has 188 valence electrons. The molecule has 8 nitrogen and oxygen atoms in total. The van der Waals surface area contributed by atoms with Gasteiger partial charge in [-0.3, -0.25) is 4.79 Å². The summed E-state index contributed by atoms with van der Waals surface area (Å²) in [4.78, 5) is 22.0. The topological polar surface area (TPSA) is 111 Å². The van der Waals surface area contributed by atoms with Crippen LogP contribution in [0.25, 0.3) is 0 Å². The molecule has 1 aliphatic heterocycles. The molecular formula is C28H34N6O2. The van der Waals surface area contributed by atoms with E-state index < -0.39 is 5.41 Å². The molecule has 0 unspecified atom stereocenters. The highest BCUT2D eigenvalue weighted by Gasteiger charge is 2.46. The van der Waals surface area contributed by atoms with Crippen molar-refractivity contribution in [2.75, 3.05) is 30.3 Å². The van der Waals surface area contributed by atoms with Crippen LogP contribution in [0, 0.1) is 0 Å². The number of carbonyl (C=O) groups is 1. The van der Waals surface area contributed by atoms with E-state index in [2.05, 4.69) is 49.4 Å². The van der Waals surface area contributed by atoms with Crippen LogP contribution in [0.15, 0.2) is 48.7 Å². The predicted molar refractivity (Wildman–Crippen MR) is 142 cm³/mol. The monoisotopic (exact) mass is 486 g/mol. The minimum atomic E-state index is -0.480. The number of rotatable bonds is 8. The molecule has 1 aromatic carbocycles. The Hall–Kier alpha value is -3.49. The van der Waals surface area contributed by atoms with Crippen molar-refractivity contribution in [1.82, 2.24) is 20.6 Å². The number of aromatic nitrogens is 2. The van der Waals surface area contributed by atoms with Gasteiger partial charge in [0.2, 0.25) is 0 Å². The second-order valence-electron chi connectivity index (χ2n) is 10.3. The molecule has 3 aromatic rings. The van der Waals surface area contributed by atoms with Crippen LogP contribution in [0.3, 0.4) is 0 Å². The number of pyridine rings is 2. The van der Waals surface area contributed by atoms with Crippen molar-refractivity contribution < 1.29 is 9.90 Å². The predicted octanol–water partition coefficient (Wildman–Crippen LogP) is 4.12. The fraction of sp³-hybridized carbons (Fsp3) is 0.393. The SMILES string of the molecule is CCNC(=O)c1cnc(Nc2ccc3c(c2)CCNC32CC2)cc1Nc1cccc(C(C)(C)CO)n1. The van der Waals surface area contributed by atoms with Crippen LogP contribution in [0.4, 0.5) is 23.0 Å². The molecule has 1 spiro atoms. The first-order chi connectivity index (χ1) is 17.3. The average molecular weight is 487 g/mol.